The van der Waals surface area contributed by atoms with Crippen LogP contribution in [0.5, 0.6) is 11.5 Å². The van der Waals surface area contributed by atoms with Crippen LogP contribution in [0.25, 0.3) is 0 Å². The Morgan fingerprint density at radius 2 is 1.75 bits per heavy atom. The van der Waals surface area contributed by atoms with Gasteiger partial charge in [0.15, 0.2) is 0 Å². The van der Waals surface area contributed by atoms with Gasteiger partial charge in [-0.1, -0.05) is 23.7 Å². The molecule has 0 saturated carbocycles. The van der Waals surface area contributed by atoms with E-state index in [1.807, 2.05) is 6.07 Å². The van der Waals surface area contributed by atoms with E-state index in [1.54, 1.807) is 36.4 Å². The summed E-state index contributed by atoms with van der Waals surface area (Å²) in [6.45, 7) is 0.730. The van der Waals surface area contributed by atoms with E-state index in [1.165, 1.54) is 0 Å². The SMILES string of the molecule is N#Cc1ccccc1OCCOc1ccc(Cl)cc1Br. The van der Waals surface area contributed by atoms with E-state index >= 15 is 0 Å². The normalized spacial score (nSPS) is 9.85. The summed E-state index contributed by atoms with van der Waals surface area (Å²) in [4.78, 5) is 0. The van der Waals surface area contributed by atoms with Crippen molar-refractivity contribution in [3.05, 3.63) is 57.5 Å². The molecule has 0 bridgehead atoms. The highest BCUT2D eigenvalue weighted by molar-refractivity contribution is 9.10. The van der Waals surface area contributed by atoms with Crippen LogP contribution in [-0.2, 0) is 0 Å². The summed E-state index contributed by atoms with van der Waals surface area (Å²) in [7, 11) is 0. The standard InChI is InChI=1S/C15H11BrClNO2/c16-13-9-12(17)5-6-15(13)20-8-7-19-14-4-2-1-3-11(14)10-18/h1-6,9H,7-8H2. The lowest BCUT2D eigenvalue weighted by Crippen LogP contribution is -2.09. The maximum Gasteiger partial charge on any atom is 0.137 e. The summed E-state index contributed by atoms with van der Waals surface area (Å²) in [5.74, 6) is 1.26. The van der Waals surface area contributed by atoms with Crippen molar-refractivity contribution < 1.29 is 9.47 Å². The molecule has 2 aromatic carbocycles. The molecule has 0 saturated heterocycles. The molecule has 0 radical (unpaired) electrons. The summed E-state index contributed by atoms with van der Waals surface area (Å²) >= 11 is 9.22. The van der Waals surface area contributed by atoms with Crippen LogP contribution < -0.4 is 9.47 Å². The number of para-hydroxylation sites is 1. The van der Waals surface area contributed by atoms with Gasteiger partial charge in [-0.2, -0.15) is 5.26 Å². The quantitative estimate of drug-likeness (QED) is 0.747. The fourth-order valence-corrected chi connectivity index (χ4v) is 2.38. The van der Waals surface area contributed by atoms with Crippen molar-refractivity contribution in [2.24, 2.45) is 0 Å². The first kappa shape index (κ1) is 14.7. The molecule has 0 aliphatic heterocycles. The van der Waals surface area contributed by atoms with Gasteiger partial charge in [0, 0.05) is 5.02 Å². The van der Waals surface area contributed by atoms with Crippen molar-refractivity contribution >= 4 is 27.5 Å². The van der Waals surface area contributed by atoms with Crippen molar-refractivity contribution in [2.45, 2.75) is 0 Å². The molecule has 5 heteroatoms. The molecule has 0 aliphatic carbocycles. The van der Waals surface area contributed by atoms with Crippen LogP contribution in [0.1, 0.15) is 5.56 Å². The molecule has 0 fully saturated rings. The first-order valence-electron chi connectivity index (χ1n) is 5.90. The lowest BCUT2D eigenvalue weighted by molar-refractivity contribution is 0.216. The molecule has 0 atom stereocenters. The molecular formula is C15H11BrClNO2. The molecule has 0 aliphatic rings. The predicted molar refractivity (Wildman–Crippen MR) is 81.3 cm³/mol. The van der Waals surface area contributed by atoms with Crippen LogP contribution >= 0.6 is 27.5 Å². The molecule has 0 heterocycles. The second-order valence-electron chi connectivity index (χ2n) is 3.88. The van der Waals surface area contributed by atoms with Crippen molar-refractivity contribution in [2.75, 3.05) is 13.2 Å². The van der Waals surface area contributed by atoms with Crippen LogP contribution in [0.3, 0.4) is 0 Å². The van der Waals surface area contributed by atoms with Crippen LogP contribution in [0.15, 0.2) is 46.9 Å². The third-order valence-corrected chi connectivity index (χ3v) is 3.35. The van der Waals surface area contributed by atoms with E-state index in [2.05, 4.69) is 22.0 Å². The molecule has 0 aromatic heterocycles. The molecule has 3 nitrogen and oxygen atoms in total. The highest BCUT2D eigenvalue weighted by atomic mass is 79.9. The second kappa shape index (κ2) is 7.18. The van der Waals surface area contributed by atoms with E-state index in [4.69, 9.17) is 26.3 Å². The predicted octanol–water partition coefficient (Wildman–Crippen LogP) is 4.43. The zero-order valence-corrected chi connectivity index (χ0v) is 12.8. The van der Waals surface area contributed by atoms with E-state index in [9.17, 15) is 0 Å². The lowest BCUT2D eigenvalue weighted by Gasteiger charge is -2.10. The zero-order chi connectivity index (χ0) is 14.4. The van der Waals surface area contributed by atoms with Gasteiger partial charge in [0.1, 0.15) is 30.8 Å². The van der Waals surface area contributed by atoms with Gasteiger partial charge in [0.2, 0.25) is 0 Å². The Kier molecular flexibility index (Phi) is 5.28. The maximum atomic E-state index is 8.94. The molecule has 0 N–H and O–H groups in total. The third kappa shape index (κ3) is 3.89. The van der Waals surface area contributed by atoms with Crippen LogP contribution in [0.2, 0.25) is 5.02 Å². The number of nitrogens with zero attached hydrogens (tertiary/aromatic N) is 1. The number of hydrogen-bond donors (Lipinski definition) is 0. The number of hydrogen-bond acceptors (Lipinski definition) is 3. The number of rotatable bonds is 5. The number of nitriles is 1. The summed E-state index contributed by atoms with van der Waals surface area (Å²) in [5, 5.41) is 9.58. The van der Waals surface area contributed by atoms with Crippen molar-refractivity contribution in [3.8, 4) is 17.6 Å². The first-order valence-corrected chi connectivity index (χ1v) is 7.07. The molecule has 102 valence electrons. The highest BCUT2D eigenvalue weighted by Crippen LogP contribution is 2.27. The molecular weight excluding hydrogens is 342 g/mol. The fraction of sp³-hybridized carbons (Fsp3) is 0.133. The van der Waals surface area contributed by atoms with Crippen molar-refractivity contribution in [3.63, 3.8) is 0 Å². The van der Waals surface area contributed by atoms with E-state index < -0.39 is 0 Å². The molecule has 2 aromatic rings. The van der Waals surface area contributed by atoms with Gasteiger partial charge in [0.25, 0.3) is 0 Å². The minimum atomic E-state index is 0.355. The third-order valence-electron chi connectivity index (χ3n) is 2.50. The van der Waals surface area contributed by atoms with Gasteiger partial charge in [-0.05, 0) is 46.3 Å². The average molecular weight is 353 g/mol. The topological polar surface area (TPSA) is 42.2 Å². The fourth-order valence-electron chi connectivity index (χ4n) is 1.58. The molecule has 0 unspecified atom stereocenters. The average Bonchev–Trinajstić information content (AvgIpc) is 2.46. The van der Waals surface area contributed by atoms with Gasteiger partial charge < -0.3 is 9.47 Å². The van der Waals surface area contributed by atoms with E-state index in [0.29, 0.717) is 35.3 Å². The number of benzene rings is 2. The maximum absolute atomic E-state index is 8.94. The van der Waals surface area contributed by atoms with Crippen LogP contribution in [0.4, 0.5) is 0 Å². The zero-order valence-electron chi connectivity index (χ0n) is 10.5. The number of halogens is 2. The van der Waals surface area contributed by atoms with Crippen molar-refractivity contribution in [1.29, 1.82) is 5.26 Å². The largest absolute Gasteiger partial charge is 0.489 e. The summed E-state index contributed by atoms with van der Waals surface area (Å²) in [6.07, 6.45) is 0. The van der Waals surface area contributed by atoms with Gasteiger partial charge in [0.05, 0.1) is 10.0 Å². The minimum absolute atomic E-state index is 0.355. The molecule has 0 spiro atoms. The van der Waals surface area contributed by atoms with Gasteiger partial charge in [-0.3, -0.25) is 0 Å². The van der Waals surface area contributed by atoms with Gasteiger partial charge in [-0.25, -0.2) is 0 Å². The smallest absolute Gasteiger partial charge is 0.137 e. The molecule has 20 heavy (non-hydrogen) atoms. The summed E-state index contributed by atoms with van der Waals surface area (Å²) < 4.78 is 11.9. The Bertz CT molecular complexity index is 640. The number of ether oxygens (including phenoxy) is 2. The Morgan fingerprint density at radius 3 is 2.45 bits per heavy atom. The summed E-state index contributed by atoms with van der Waals surface area (Å²) in [5.41, 5.74) is 0.514. The Morgan fingerprint density at radius 1 is 1.05 bits per heavy atom. The second-order valence-corrected chi connectivity index (χ2v) is 5.17. The Balaban J connectivity index is 1.86. The highest BCUT2D eigenvalue weighted by Gasteiger charge is 2.03. The van der Waals surface area contributed by atoms with Crippen LogP contribution in [0, 0.1) is 11.3 Å². The summed E-state index contributed by atoms with van der Waals surface area (Å²) in [6, 6.07) is 14.5. The molecule has 2 rings (SSSR count). The molecule has 0 amide bonds. The van der Waals surface area contributed by atoms with Crippen LogP contribution in [-0.4, -0.2) is 13.2 Å². The van der Waals surface area contributed by atoms with E-state index in [-0.39, 0.29) is 0 Å². The first-order chi connectivity index (χ1) is 9.70. The minimum Gasteiger partial charge on any atom is -0.489 e. The monoisotopic (exact) mass is 351 g/mol. The Labute approximate surface area is 130 Å². The lowest BCUT2D eigenvalue weighted by atomic mass is 10.2. The Hall–Kier alpha value is -1.70. The van der Waals surface area contributed by atoms with E-state index in [0.717, 1.165) is 4.47 Å². The van der Waals surface area contributed by atoms with Crippen molar-refractivity contribution in [1.82, 2.24) is 0 Å². The van der Waals surface area contributed by atoms with Gasteiger partial charge in [-0.15, -0.1) is 0 Å². The van der Waals surface area contributed by atoms with Gasteiger partial charge >= 0.3 is 0 Å².